The highest BCUT2D eigenvalue weighted by Gasteiger charge is 2.49. The average molecular weight is 353 g/mol. The van der Waals surface area contributed by atoms with Crippen LogP contribution in [0.15, 0.2) is 29.8 Å². The zero-order valence-electron chi connectivity index (χ0n) is 13.2. The summed E-state index contributed by atoms with van der Waals surface area (Å²) in [6, 6.07) is 3.21. The topological polar surface area (TPSA) is 147 Å². The molecule has 10 heteroatoms. The highest BCUT2D eigenvalue weighted by Crippen LogP contribution is 2.32. The highest BCUT2D eigenvalue weighted by molar-refractivity contribution is 5.71. The van der Waals surface area contributed by atoms with E-state index in [9.17, 15) is 30.1 Å². The molecule has 0 amide bonds. The van der Waals surface area contributed by atoms with Crippen LogP contribution in [0.1, 0.15) is 30.7 Å². The largest absolute Gasteiger partial charge is 0.547 e. The lowest BCUT2D eigenvalue weighted by molar-refractivity contribution is -0.777. The number of aliphatic hydroxyl groups excluding tert-OH is 3. The molecular formula is C15H19N3O7. The Morgan fingerprint density at radius 2 is 2.08 bits per heavy atom. The van der Waals surface area contributed by atoms with Crippen molar-refractivity contribution >= 4 is 5.97 Å². The number of rotatable bonds is 4. The predicted octanol–water partition coefficient (Wildman–Crippen LogP) is -2.48. The second-order valence-electron chi connectivity index (χ2n) is 6.23. The van der Waals surface area contributed by atoms with Gasteiger partial charge in [0.15, 0.2) is 18.5 Å². The monoisotopic (exact) mass is 353 g/mol. The molecule has 2 aliphatic heterocycles. The van der Waals surface area contributed by atoms with Gasteiger partial charge in [0, 0.05) is 18.2 Å². The van der Waals surface area contributed by atoms with Gasteiger partial charge in [-0.15, -0.1) is 4.91 Å². The van der Waals surface area contributed by atoms with Crippen molar-refractivity contribution in [2.75, 3.05) is 6.54 Å². The number of hydrogen-bond acceptors (Lipinski definition) is 8. The third-order valence-corrected chi connectivity index (χ3v) is 4.67. The molecule has 2 saturated heterocycles. The van der Waals surface area contributed by atoms with Crippen molar-refractivity contribution in [3.63, 3.8) is 0 Å². The van der Waals surface area contributed by atoms with Gasteiger partial charge < -0.3 is 30.0 Å². The molecule has 1 aromatic rings. The van der Waals surface area contributed by atoms with E-state index in [0.29, 0.717) is 6.54 Å². The number of nitrogens with zero attached hydrogens (tertiary/aromatic N) is 3. The molecule has 0 radical (unpaired) electrons. The number of carbonyl (C=O) groups excluding carboxylic acids is 1. The maximum atomic E-state index is 11.1. The molecule has 0 aromatic carbocycles. The summed E-state index contributed by atoms with van der Waals surface area (Å²) in [5.41, 5.74) is 0.737. The first kappa shape index (κ1) is 17.7. The van der Waals surface area contributed by atoms with E-state index in [1.165, 1.54) is 15.8 Å². The predicted molar refractivity (Wildman–Crippen MR) is 78.1 cm³/mol. The SMILES string of the molecule is O=NN1CCCC1c1ccc[n+](C2OC(C(=O)[O-])C(O)C(O)C2O)c1. The van der Waals surface area contributed by atoms with E-state index < -0.39 is 36.6 Å². The average Bonchev–Trinajstić information content (AvgIpc) is 3.08. The first-order valence-corrected chi connectivity index (χ1v) is 7.95. The minimum Gasteiger partial charge on any atom is -0.547 e. The fourth-order valence-corrected chi connectivity index (χ4v) is 3.36. The Balaban J connectivity index is 1.89. The second-order valence-corrected chi connectivity index (χ2v) is 6.23. The number of pyridine rings is 1. The molecule has 3 N–H and O–H groups in total. The summed E-state index contributed by atoms with van der Waals surface area (Å²) >= 11 is 0. The number of aromatic nitrogens is 1. The lowest BCUT2D eigenvalue weighted by atomic mass is 9.97. The Morgan fingerprint density at radius 1 is 1.32 bits per heavy atom. The van der Waals surface area contributed by atoms with E-state index in [4.69, 9.17) is 4.74 Å². The van der Waals surface area contributed by atoms with Crippen LogP contribution < -0.4 is 9.67 Å². The summed E-state index contributed by atoms with van der Waals surface area (Å²) in [5, 5.41) is 45.3. The lowest BCUT2D eigenvalue weighted by Crippen LogP contribution is -2.65. The highest BCUT2D eigenvalue weighted by atomic mass is 16.6. The van der Waals surface area contributed by atoms with E-state index in [2.05, 4.69) is 5.29 Å². The maximum absolute atomic E-state index is 11.1. The quantitative estimate of drug-likeness (QED) is 0.398. The van der Waals surface area contributed by atoms with Gasteiger partial charge in [-0.2, -0.15) is 4.57 Å². The summed E-state index contributed by atoms with van der Waals surface area (Å²) < 4.78 is 6.64. The van der Waals surface area contributed by atoms with Crippen molar-refractivity contribution in [3.05, 3.63) is 35.0 Å². The molecule has 6 atom stereocenters. The summed E-state index contributed by atoms with van der Waals surface area (Å²) in [4.78, 5) is 22.0. The van der Waals surface area contributed by atoms with Crippen LogP contribution in [0.3, 0.4) is 0 Å². The molecule has 0 bridgehead atoms. The number of ether oxygens (including phenoxy) is 1. The molecule has 136 valence electrons. The van der Waals surface area contributed by atoms with Crippen LogP contribution in [-0.4, -0.2) is 57.3 Å². The van der Waals surface area contributed by atoms with Crippen molar-refractivity contribution in [3.8, 4) is 0 Å². The molecule has 3 heterocycles. The van der Waals surface area contributed by atoms with Gasteiger partial charge in [-0.1, -0.05) is 0 Å². The molecule has 2 fully saturated rings. The number of aliphatic carboxylic acids is 1. The Morgan fingerprint density at radius 3 is 2.76 bits per heavy atom. The second kappa shape index (κ2) is 7.00. The summed E-state index contributed by atoms with van der Waals surface area (Å²) in [6.45, 7) is 0.545. The first-order valence-electron chi connectivity index (χ1n) is 7.95. The Kier molecular flexibility index (Phi) is 4.95. The molecule has 0 spiro atoms. The molecule has 1 aromatic heterocycles. The fraction of sp³-hybridized carbons (Fsp3) is 0.600. The zero-order chi connectivity index (χ0) is 18.1. The summed E-state index contributed by atoms with van der Waals surface area (Å²) in [7, 11) is 0. The molecule has 6 unspecified atom stereocenters. The molecular weight excluding hydrogens is 334 g/mol. The molecule has 0 aliphatic carbocycles. The van der Waals surface area contributed by atoms with Gasteiger partial charge in [-0.3, -0.25) is 5.01 Å². The summed E-state index contributed by atoms with van der Waals surface area (Å²) in [5.74, 6) is -1.69. The standard InChI is InChI=1S/C15H19N3O7/c19-10-11(20)13(15(22)23)25-14(12(10)21)17-5-1-3-8(7-17)9-4-2-6-18(9)16-24/h1,3,5,7,9-14,19-21H,2,4,6H2. The fourth-order valence-electron chi connectivity index (χ4n) is 3.36. The lowest BCUT2D eigenvalue weighted by Gasteiger charge is -2.37. The van der Waals surface area contributed by atoms with Gasteiger partial charge in [0.1, 0.15) is 18.3 Å². The molecule has 25 heavy (non-hydrogen) atoms. The van der Waals surface area contributed by atoms with E-state index in [0.717, 1.165) is 18.4 Å². The molecule has 10 nitrogen and oxygen atoms in total. The van der Waals surface area contributed by atoms with Gasteiger partial charge >= 0.3 is 0 Å². The van der Waals surface area contributed by atoms with Gasteiger partial charge in [0.05, 0.1) is 17.3 Å². The number of hydrogen-bond donors (Lipinski definition) is 3. The molecule has 2 aliphatic rings. The van der Waals surface area contributed by atoms with E-state index in [-0.39, 0.29) is 6.04 Å². The maximum Gasteiger partial charge on any atom is 0.292 e. The molecule has 0 saturated carbocycles. The zero-order valence-corrected chi connectivity index (χ0v) is 13.2. The van der Waals surface area contributed by atoms with E-state index >= 15 is 0 Å². The third kappa shape index (κ3) is 3.21. The molecule has 3 rings (SSSR count). The third-order valence-electron chi connectivity index (χ3n) is 4.67. The van der Waals surface area contributed by atoms with Crippen LogP contribution in [0.4, 0.5) is 0 Å². The number of carboxylic acids is 1. The van der Waals surface area contributed by atoms with E-state index in [1.54, 1.807) is 18.3 Å². The normalized spacial score (nSPS) is 35.6. The number of carbonyl (C=O) groups is 1. The summed E-state index contributed by atoms with van der Waals surface area (Å²) in [6.07, 6.45) is -3.41. The number of nitroso groups, excluding NO2 is 1. The van der Waals surface area contributed by atoms with Gasteiger partial charge in [0.25, 0.3) is 6.23 Å². The number of aliphatic hydroxyl groups is 3. The van der Waals surface area contributed by atoms with Crippen LogP contribution in [0.2, 0.25) is 0 Å². The van der Waals surface area contributed by atoms with Crippen LogP contribution >= 0.6 is 0 Å². The first-order chi connectivity index (χ1) is 11.9. The van der Waals surface area contributed by atoms with Crippen LogP contribution in [0.5, 0.6) is 0 Å². The smallest absolute Gasteiger partial charge is 0.292 e. The van der Waals surface area contributed by atoms with Gasteiger partial charge in [-0.05, 0) is 18.9 Å². The minimum atomic E-state index is -1.80. The van der Waals surface area contributed by atoms with Crippen LogP contribution in [-0.2, 0) is 9.53 Å². The van der Waals surface area contributed by atoms with Crippen LogP contribution in [0, 0.1) is 4.91 Å². The Bertz CT molecular complexity index is 658. The minimum absolute atomic E-state index is 0.224. The Labute approximate surface area is 142 Å². The van der Waals surface area contributed by atoms with Crippen molar-refractivity contribution < 1.29 is 34.5 Å². The van der Waals surface area contributed by atoms with Crippen molar-refractivity contribution in [2.24, 2.45) is 5.29 Å². The number of carboxylic acid groups (broad SMARTS) is 1. The van der Waals surface area contributed by atoms with Crippen LogP contribution in [0.25, 0.3) is 0 Å². The van der Waals surface area contributed by atoms with Gasteiger partial charge in [-0.25, -0.2) is 0 Å². The van der Waals surface area contributed by atoms with Gasteiger partial charge in [0.2, 0.25) is 0 Å². The van der Waals surface area contributed by atoms with E-state index in [1.807, 2.05) is 0 Å². The van der Waals surface area contributed by atoms with Crippen molar-refractivity contribution in [1.82, 2.24) is 5.01 Å². The van der Waals surface area contributed by atoms with Crippen molar-refractivity contribution in [1.29, 1.82) is 0 Å². The Hall–Kier alpha value is -2.14. The van der Waals surface area contributed by atoms with Crippen molar-refractivity contribution in [2.45, 2.75) is 49.5 Å².